The number of sulfone groups is 1. The summed E-state index contributed by atoms with van der Waals surface area (Å²) in [6.07, 6.45) is -3.91. The first-order chi connectivity index (χ1) is 13.0. The van der Waals surface area contributed by atoms with E-state index in [9.17, 15) is 30.8 Å². The van der Waals surface area contributed by atoms with Gasteiger partial charge in [-0.2, -0.15) is 0 Å². The molecular weight excluding hydrogens is 406 g/mol. The van der Waals surface area contributed by atoms with E-state index in [4.69, 9.17) is 0 Å². The minimum atomic E-state index is -4.87. The van der Waals surface area contributed by atoms with Gasteiger partial charge in [0.2, 0.25) is 9.84 Å². The Morgan fingerprint density at radius 2 is 1.71 bits per heavy atom. The zero-order chi connectivity index (χ0) is 20.7. The van der Waals surface area contributed by atoms with Crippen LogP contribution in [0.25, 0.3) is 0 Å². The highest BCUT2D eigenvalue weighted by Crippen LogP contribution is 2.40. The Bertz CT molecular complexity index is 1060. The molecule has 1 aliphatic rings. The van der Waals surface area contributed by atoms with E-state index >= 15 is 0 Å². The molecule has 0 aliphatic carbocycles. The van der Waals surface area contributed by atoms with Crippen LogP contribution in [-0.4, -0.2) is 27.9 Å². The molecule has 0 amide bonds. The number of hydrogen-bond donors (Lipinski definition) is 0. The van der Waals surface area contributed by atoms with Crippen LogP contribution in [0.5, 0.6) is 5.75 Å². The van der Waals surface area contributed by atoms with Gasteiger partial charge >= 0.3 is 12.3 Å². The topological polar surface area (TPSA) is 72.9 Å². The number of alkyl halides is 3. The first-order valence-electron chi connectivity index (χ1n) is 7.53. The van der Waals surface area contributed by atoms with E-state index in [1.807, 2.05) is 0 Å². The number of rotatable bonds is 3. The lowest BCUT2D eigenvalue weighted by Gasteiger charge is -2.28. The molecule has 0 bridgehead atoms. The highest BCUT2D eigenvalue weighted by molar-refractivity contribution is 7.96. The molecule has 0 unspecified atom stereocenters. The molecule has 3 rings (SSSR count). The predicted octanol–water partition coefficient (Wildman–Crippen LogP) is 3.66. The van der Waals surface area contributed by atoms with Crippen LogP contribution < -0.4 is 9.64 Å². The van der Waals surface area contributed by atoms with E-state index in [1.165, 1.54) is 23.1 Å². The second-order valence-electron chi connectivity index (χ2n) is 5.51. The van der Waals surface area contributed by atoms with E-state index in [1.54, 1.807) is 0 Å². The number of esters is 1. The third kappa shape index (κ3) is 3.65. The zero-order valence-corrected chi connectivity index (χ0v) is 14.8. The van der Waals surface area contributed by atoms with Crippen LogP contribution in [0.3, 0.4) is 0 Å². The fraction of sp³-hybridized carbons (Fsp3) is 0.118. The number of fused-ring (bicyclic) bond motifs is 1. The highest BCUT2D eigenvalue weighted by atomic mass is 32.2. The summed E-state index contributed by atoms with van der Waals surface area (Å²) in [5.74, 6) is -2.50. The first-order valence-corrected chi connectivity index (χ1v) is 9.01. The molecule has 0 aromatic heterocycles. The molecule has 28 heavy (non-hydrogen) atoms. The van der Waals surface area contributed by atoms with Gasteiger partial charge in [-0.05, 0) is 42.5 Å². The number of hydrogen-bond acceptors (Lipinski definition) is 6. The van der Waals surface area contributed by atoms with Crippen LogP contribution in [0.2, 0.25) is 0 Å². The molecular formula is C17H11F4NO5S. The fourth-order valence-electron chi connectivity index (χ4n) is 2.56. The molecule has 0 saturated heterocycles. The predicted molar refractivity (Wildman–Crippen MR) is 88.9 cm³/mol. The van der Waals surface area contributed by atoms with Gasteiger partial charge in [-0.25, -0.2) is 17.6 Å². The molecule has 6 nitrogen and oxygen atoms in total. The van der Waals surface area contributed by atoms with Gasteiger partial charge in [0.05, 0.1) is 17.7 Å². The summed E-state index contributed by atoms with van der Waals surface area (Å²) >= 11 is 0. The maximum absolute atomic E-state index is 13.6. The standard InChI is InChI=1S/C17H11F4NO5S/c1-26-16(23)15-9-22(11-3-5-12(6-4-11)27-17(19,20)21)13-7-2-10(18)8-14(13)28(15,24)25/h2-9H,1H3. The van der Waals surface area contributed by atoms with Crippen LogP contribution in [-0.2, 0) is 19.4 Å². The number of nitrogens with zero attached hydrogens (tertiary/aromatic N) is 1. The molecule has 1 aliphatic heterocycles. The number of anilines is 2. The average Bonchev–Trinajstić information content (AvgIpc) is 2.61. The third-order valence-electron chi connectivity index (χ3n) is 3.74. The molecule has 0 N–H and O–H groups in total. The monoisotopic (exact) mass is 417 g/mol. The molecule has 1 heterocycles. The van der Waals surface area contributed by atoms with Gasteiger partial charge < -0.3 is 14.4 Å². The van der Waals surface area contributed by atoms with Crippen LogP contribution >= 0.6 is 0 Å². The Labute approximate surface area is 156 Å². The molecule has 11 heteroatoms. The van der Waals surface area contributed by atoms with Crippen LogP contribution in [0.4, 0.5) is 28.9 Å². The Balaban J connectivity index is 2.13. The first kappa shape index (κ1) is 19.7. The average molecular weight is 417 g/mol. The van der Waals surface area contributed by atoms with Gasteiger partial charge in [-0.15, -0.1) is 13.2 Å². The van der Waals surface area contributed by atoms with Gasteiger partial charge in [0.25, 0.3) is 0 Å². The third-order valence-corrected chi connectivity index (χ3v) is 5.50. The van der Waals surface area contributed by atoms with E-state index in [2.05, 4.69) is 9.47 Å². The van der Waals surface area contributed by atoms with Gasteiger partial charge in [-0.1, -0.05) is 0 Å². The summed E-state index contributed by atoms with van der Waals surface area (Å²) < 4.78 is 84.1. The van der Waals surface area contributed by atoms with Crippen molar-refractivity contribution in [2.45, 2.75) is 11.3 Å². The number of halogens is 4. The SMILES string of the molecule is COC(=O)C1=CN(c2ccc(OC(F)(F)F)cc2)c2ccc(F)cc2S1(=O)=O. The molecule has 0 atom stereocenters. The quantitative estimate of drug-likeness (QED) is 0.561. The summed E-state index contributed by atoms with van der Waals surface area (Å²) in [7, 11) is -3.38. The van der Waals surface area contributed by atoms with E-state index < -0.39 is 43.5 Å². The lowest BCUT2D eigenvalue weighted by atomic mass is 10.2. The summed E-state index contributed by atoms with van der Waals surface area (Å²) in [4.78, 5) is 11.9. The summed E-state index contributed by atoms with van der Waals surface area (Å²) in [6, 6.07) is 7.40. The minimum absolute atomic E-state index is 0.0125. The van der Waals surface area contributed by atoms with Crippen molar-refractivity contribution in [3.8, 4) is 5.75 Å². The van der Waals surface area contributed by atoms with Crippen molar-refractivity contribution in [3.05, 3.63) is 59.4 Å². The molecule has 2 aromatic carbocycles. The zero-order valence-electron chi connectivity index (χ0n) is 14.0. The van der Waals surface area contributed by atoms with Crippen molar-refractivity contribution in [2.75, 3.05) is 12.0 Å². The van der Waals surface area contributed by atoms with Crippen LogP contribution in [0.15, 0.2) is 58.5 Å². The summed E-state index contributed by atoms with van der Waals surface area (Å²) in [5, 5.41) is 0. The number of carbonyl (C=O) groups is 1. The number of carbonyl (C=O) groups excluding carboxylic acids is 1. The normalized spacial score (nSPS) is 15.5. The maximum atomic E-state index is 13.6. The van der Waals surface area contributed by atoms with Crippen molar-refractivity contribution >= 4 is 27.2 Å². The van der Waals surface area contributed by atoms with Crippen LogP contribution in [0, 0.1) is 5.82 Å². The van der Waals surface area contributed by atoms with Gasteiger partial charge in [0.1, 0.15) is 11.6 Å². The van der Waals surface area contributed by atoms with Crippen molar-refractivity contribution in [3.63, 3.8) is 0 Å². The van der Waals surface area contributed by atoms with Gasteiger partial charge in [-0.3, -0.25) is 0 Å². The molecule has 0 spiro atoms. The van der Waals surface area contributed by atoms with Crippen molar-refractivity contribution in [1.29, 1.82) is 0 Å². The molecule has 2 aromatic rings. The minimum Gasteiger partial charge on any atom is -0.465 e. The lowest BCUT2D eigenvalue weighted by molar-refractivity contribution is -0.274. The van der Waals surface area contributed by atoms with Gasteiger partial charge in [0.15, 0.2) is 4.91 Å². The molecule has 0 fully saturated rings. The van der Waals surface area contributed by atoms with Crippen molar-refractivity contribution in [1.82, 2.24) is 0 Å². The summed E-state index contributed by atoms with van der Waals surface area (Å²) in [6.45, 7) is 0. The largest absolute Gasteiger partial charge is 0.573 e. The van der Waals surface area contributed by atoms with Crippen LogP contribution in [0.1, 0.15) is 0 Å². The smallest absolute Gasteiger partial charge is 0.465 e. The second-order valence-corrected chi connectivity index (χ2v) is 7.40. The van der Waals surface area contributed by atoms with E-state index in [-0.39, 0.29) is 11.4 Å². The lowest BCUT2D eigenvalue weighted by Crippen LogP contribution is -2.26. The van der Waals surface area contributed by atoms with Crippen molar-refractivity contribution in [2.24, 2.45) is 0 Å². The summed E-state index contributed by atoms with van der Waals surface area (Å²) in [5.41, 5.74) is 0.220. The van der Waals surface area contributed by atoms with Crippen molar-refractivity contribution < 1.29 is 40.2 Å². The number of methoxy groups -OCH3 is 1. The van der Waals surface area contributed by atoms with E-state index in [0.717, 1.165) is 37.6 Å². The molecule has 0 saturated carbocycles. The van der Waals surface area contributed by atoms with E-state index in [0.29, 0.717) is 0 Å². The van der Waals surface area contributed by atoms with Gasteiger partial charge in [0, 0.05) is 11.9 Å². The Morgan fingerprint density at radius 3 is 2.29 bits per heavy atom. The highest BCUT2D eigenvalue weighted by Gasteiger charge is 2.37. The Kier molecular flexibility index (Phi) is 4.79. The molecule has 0 radical (unpaired) electrons. The Morgan fingerprint density at radius 1 is 1.07 bits per heavy atom. The maximum Gasteiger partial charge on any atom is 0.573 e. The number of benzene rings is 2. The second kappa shape index (κ2) is 6.82. The molecule has 148 valence electrons. The fourth-order valence-corrected chi connectivity index (χ4v) is 4.06. The number of ether oxygens (including phenoxy) is 2. The Hall–Kier alpha value is -3.08.